The summed E-state index contributed by atoms with van der Waals surface area (Å²) in [5.41, 5.74) is 8.06. The Morgan fingerprint density at radius 2 is 1.45 bits per heavy atom. The summed E-state index contributed by atoms with van der Waals surface area (Å²) in [5.74, 6) is 0. The molecule has 6 N–H and O–H groups in total. The second-order valence-electron chi connectivity index (χ2n) is 6.76. The molecule has 2 rings (SSSR count). The smallest absolute Gasteiger partial charge is 0.427 e. The first kappa shape index (κ1) is 24.7. The van der Waals surface area contributed by atoms with E-state index in [2.05, 4.69) is 5.32 Å². The van der Waals surface area contributed by atoms with E-state index in [0.29, 0.717) is 12.9 Å². The molecule has 1 unspecified atom stereocenters. The fourth-order valence-electron chi connectivity index (χ4n) is 3.03. The molecule has 0 heterocycles. The molecule has 0 aliphatic heterocycles. The zero-order valence-electron chi connectivity index (χ0n) is 16.4. The van der Waals surface area contributed by atoms with Crippen molar-refractivity contribution in [3.05, 3.63) is 71.8 Å². The molecule has 7 nitrogen and oxygen atoms in total. The van der Waals surface area contributed by atoms with Gasteiger partial charge in [-0.25, -0.2) is 0 Å². The van der Waals surface area contributed by atoms with Crippen molar-refractivity contribution in [1.82, 2.24) is 5.32 Å². The Kier molecular flexibility index (Phi) is 12.5. The molecular weight excluding hydrogens is 371 g/mol. The highest BCUT2D eigenvalue weighted by molar-refractivity contribution is 6.40. The van der Waals surface area contributed by atoms with Gasteiger partial charge in [0.25, 0.3) is 0 Å². The second kappa shape index (κ2) is 14.7. The Balaban J connectivity index is 0.00000132. The molecule has 0 saturated carbocycles. The average Bonchev–Trinajstić information content (AvgIpc) is 2.73. The van der Waals surface area contributed by atoms with Gasteiger partial charge in [0.2, 0.25) is 0 Å². The Bertz CT molecular complexity index is 697. The lowest BCUT2D eigenvalue weighted by molar-refractivity contribution is -0.191. The lowest BCUT2D eigenvalue weighted by Gasteiger charge is -2.26. The minimum Gasteiger partial charge on any atom is -0.427 e. The van der Waals surface area contributed by atoms with Gasteiger partial charge in [-0.2, -0.15) is 9.59 Å². The number of aliphatic hydroxyl groups excluding tert-OH is 1. The van der Waals surface area contributed by atoms with Crippen LogP contribution in [0.2, 0.25) is 6.32 Å². The maximum absolute atomic E-state index is 10.9. The number of hydrogen-bond acceptors (Lipinski definition) is 7. The first-order chi connectivity index (χ1) is 14.0. The van der Waals surface area contributed by atoms with Crippen LogP contribution < -0.4 is 11.1 Å². The Morgan fingerprint density at radius 1 is 0.931 bits per heavy atom. The van der Waals surface area contributed by atoms with Crippen LogP contribution >= 0.6 is 0 Å². The number of benzene rings is 2. The van der Waals surface area contributed by atoms with Crippen molar-refractivity contribution >= 4 is 13.3 Å². The predicted molar refractivity (Wildman–Crippen MR) is 110 cm³/mol. The van der Waals surface area contributed by atoms with Gasteiger partial charge in [-0.05, 0) is 23.9 Å². The minimum atomic E-state index is -1.24. The van der Waals surface area contributed by atoms with Crippen LogP contribution in [0.4, 0.5) is 0 Å². The molecule has 0 fully saturated rings. The van der Waals surface area contributed by atoms with Gasteiger partial charge in [0.05, 0.1) is 12.1 Å². The fraction of sp³-hybridized carbons (Fsp3) is 0.381. The highest BCUT2D eigenvalue weighted by Gasteiger charge is 2.22. The standard InChI is InChI=1S/C20H29BN2O3.CO2/c22-18(13-7-8-14-21(25)26)15-23-19(16-9-3-1-4-10-16)20(24)17-11-5-2-6-12-17;2-1-3/h1-6,9-12,18-20,23-26H,7-8,13-15,22H2;/t18?,19-,20+;/m0./s1. The third-order valence-corrected chi connectivity index (χ3v) is 4.50. The van der Waals surface area contributed by atoms with Crippen molar-refractivity contribution in [2.24, 2.45) is 5.73 Å². The van der Waals surface area contributed by atoms with E-state index in [9.17, 15) is 5.11 Å². The van der Waals surface area contributed by atoms with E-state index in [0.717, 1.165) is 30.4 Å². The number of nitrogens with two attached hydrogens (primary N) is 1. The Morgan fingerprint density at radius 3 is 1.97 bits per heavy atom. The summed E-state index contributed by atoms with van der Waals surface area (Å²) < 4.78 is 0. The molecule has 2 aromatic rings. The molecule has 0 radical (unpaired) electrons. The zero-order valence-corrected chi connectivity index (χ0v) is 16.4. The highest BCUT2D eigenvalue weighted by Crippen LogP contribution is 2.28. The summed E-state index contributed by atoms with van der Waals surface area (Å²) in [5, 5.41) is 32.0. The molecule has 0 aliphatic carbocycles. The Hall–Kier alpha value is -2.32. The number of hydrogen-bond donors (Lipinski definition) is 5. The molecule has 156 valence electrons. The molecule has 2 aromatic carbocycles. The summed E-state index contributed by atoms with van der Waals surface area (Å²) in [7, 11) is -1.24. The van der Waals surface area contributed by atoms with Crippen LogP contribution in [0.1, 0.15) is 42.5 Å². The van der Waals surface area contributed by atoms with Crippen LogP contribution in [-0.2, 0) is 9.59 Å². The van der Waals surface area contributed by atoms with Gasteiger partial charge in [-0.3, -0.25) is 0 Å². The van der Waals surface area contributed by atoms with Crippen molar-refractivity contribution in [3.63, 3.8) is 0 Å². The van der Waals surface area contributed by atoms with Crippen LogP contribution in [-0.4, -0.2) is 41.0 Å². The highest BCUT2D eigenvalue weighted by atomic mass is 16.4. The van der Waals surface area contributed by atoms with Gasteiger partial charge in [0, 0.05) is 12.6 Å². The monoisotopic (exact) mass is 400 g/mol. The molecule has 0 aliphatic rings. The maximum Gasteiger partial charge on any atom is 0.451 e. The molecule has 0 bridgehead atoms. The van der Waals surface area contributed by atoms with Crippen molar-refractivity contribution < 1.29 is 24.7 Å². The van der Waals surface area contributed by atoms with Crippen molar-refractivity contribution in [2.75, 3.05) is 6.54 Å². The van der Waals surface area contributed by atoms with Gasteiger partial charge in [0.1, 0.15) is 0 Å². The van der Waals surface area contributed by atoms with Gasteiger partial charge in [-0.1, -0.05) is 73.5 Å². The first-order valence-electron chi connectivity index (χ1n) is 9.62. The average molecular weight is 400 g/mol. The van der Waals surface area contributed by atoms with Crippen molar-refractivity contribution in [3.8, 4) is 0 Å². The quantitative estimate of drug-likeness (QED) is 0.285. The SMILES string of the molecule is NC(CCCCB(O)O)CN[C@@H](c1ccccc1)[C@H](O)c1ccccc1.O=C=O. The number of aliphatic hydroxyl groups is 1. The first-order valence-corrected chi connectivity index (χ1v) is 9.62. The molecule has 29 heavy (non-hydrogen) atoms. The summed E-state index contributed by atoms with van der Waals surface area (Å²) in [4.78, 5) is 16.2. The number of unbranched alkanes of at least 4 members (excludes halogenated alkanes) is 1. The van der Waals surface area contributed by atoms with Gasteiger partial charge in [-0.15, -0.1) is 0 Å². The lowest BCUT2D eigenvalue weighted by Crippen LogP contribution is -2.38. The fourth-order valence-corrected chi connectivity index (χ4v) is 3.03. The van der Waals surface area contributed by atoms with Crippen molar-refractivity contribution in [1.29, 1.82) is 0 Å². The summed E-state index contributed by atoms with van der Waals surface area (Å²) in [6, 6.07) is 19.2. The number of rotatable bonds is 11. The van der Waals surface area contributed by atoms with Gasteiger partial charge < -0.3 is 26.2 Å². The van der Waals surface area contributed by atoms with Crippen LogP contribution in [0.25, 0.3) is 0 Å². The van der Waals surface area contributed by atoms with E-state index in [1.54, 1.807) is 0 Å². The largest absolute Gasteiger partial charge is 0.451 e. The predicted octanol–water partition coefficient (Wildman–Crippen LogP) is 1.44. The topological polar surface area (TPSA) is 133 Å². The molecule has 0 saturated heterocycles. The van der Waals surface area contributed by atoms with Gasteiger partial charge in [0.15, 0.2) is 0 Å². The normalized spacial score (nSPS) is 13.4. The minimum absolute atomic E-state index is 0.0555. The summed E-state index contributed by atoms with van der Waals surface area (Å²) >= 11 is 0. The Labute approximate surface area is 171 Å². The summed E-state index contributed by atoms with van der Waals surface area (Å²) in [6.45, 7) is 0.575. The molecule has 3 atom stereocenters. The second-order valence-corrected chi connectivity index (χ2v) is 6.76. The maximum atomic E-state index is 10.9. The van der Waals surface area contributed by atoms with Crippen LogP contribution in [0, 0.1) is 0 Å². The van der Waals surface area contributed by atoms with Crippen molar-refractivity contribution in [2.45, 2.75) is 43.8 Å². The number of carbonyl (C=O) groups excluding carboxylic acids is 2. The van der Waals surface area contributed by atoms with Crippen LogP contribution in [0.3, 0.4) is 0 Å². The van der Waals surface area contributed by atoms with Crippen LogP contribution in [0.15, 0.2) is 60.7 Å². The third kappa shape index (κ3) is 10.1. The molecule has 8 heteroatoms. The van der Waals surface area contributed by atoms with E-state index < -0.39 is 13.2 Å². The lowest BCUT2D eigenvalue weighted by atomic mass is 9.83. The van der Waals surface area contributed by atoms with E-state index in [4.69, 9.17) is 25.4 Å². The third-order valence-electron chi connectivity index (χ3n) is 4.50. The van der Waals surface area contributed by atoms with E-state index in [-0.39, 0.29) is 18.2 Å². The zero-order chi connectivity index (χ0) is 21.5. The van der Waals surface area contributed by atoms with E-state index in [1.165, 1.54) is 0 Å². The van der Waals surface area contributed by atoms with Crippen LogP contribution in [0.5, 0.6) is 0 Å². The van der Waals surface area contributed by atoms with E-state index >= 15 is 0 Å². The molecular formula is C21H29BN2O5. The summed E-state index contributed by atoms with van der Waals surface area (Å²) in [6.07, 6.45) is 2.33. The number of nitrogens with one attached hydrogen (secondary N) is 1. The van der Waals surface area contributed by atoms with Gasteiger partial charge >= 0.3 is 13.3 Å². The molecule has 0 aromatic heterocycles. The molecule has 0 spiro atoms. The van der Waals surface area contributed by atoms with E-state index in [1.807, 2.05) is 60.7 Å². The molecule has 0 amide bonds.